The van der Waals surface area contributed by atoms with Gasteiger partial charge in [0.05, 0.1) is 5.56 Å². The van der Waals surface area contributed by atoms with Crippen molar-refractivity contribution in [3.8, 4) is 0 Å². The van der Waals surface area contributed by atoms with Crippen molar-refractivity contribution in [3.63, 3.8) is 0 Å². The molecule has 0 fully saturated rings. The van der Waals surface area contributed by atoms with E-state index in [0.29, 0.717) is 17.5 Å². The summed E-state index contributed by atoms with van der Waals surface area (Å²) in [5.41, 5.74) is 1.31. The molecule has 17 heavy (non-hydrogen) atoms. The van der Waals surface area contributed by atoms with Gasteiger partial charge in [0.2, 0.25) is 0 Å². The van der Waals surface area contributed by atoms with E-state index >= 15 is 0 Å². The first-order valence-electron chi connectivity index (χ1n) is 5.42. The summed E-state index contributed by atoms with van der Waals surface area (Å²) in [6.07, 6.45) is 1.27. The van der Waals surface area contributed by atoms with Crippen molar-refractivity contribution >= 4 is 23.0 Å². The van der Waals surface area contributed by atoms with Gasteiger partial charge in [0.15, 0.2) is 6.29 Å². The standard InChI is InChI=1S/C14H12O3/c1-2-10-12(14(16)17)7-9-5-3-4-6-11(9)13(10)8-15/h3-8H,2H2,1H3,(H,16,17). The summed E-state index contributed by atoms with van der Waals surface area (Å²) >= 11 is 0. The lowest BCUT2D eigenvalue weighted by Gasteiger charge is -2.10. The van der Waals surface area contributed by atoms with E-state index in [1.54, 1.807) is 6.07 Å². The fourth-order valence-corrected chi connectivity index (χ4v) is 2.12. The molecule has 3 heteroatoms. The summed E-state index contributed by atoms with van der Waals surface area (Å²) in [6.45, 7) is 1.85. The number of hydrogen-bond donors (Lipinski definition) is 1. The fraction of sp³-hybridized carbons (Fsp3) is 0.143. The van der Waals surface area contributed by atoms with Gasteiger partial charge in [-0.2, -0.15) is 0 Å². The highest BCUT2D eigenvalue weighted by atomic mass is 16.4. The van der Waals surface area contributed by atoms with E-state index < -0.39 is 5.97 Å². The number of carboxylic acids is 1. The van der Waals surface area contributed by atoms with E-state index in [0.717, 1.165) is 17.1 Å². The van der Waals surface area contributed by atoms with Crippen LogP contribution in [0, 0.1) is 0 Å². The molecule has 0 aliphatic rings. The molecule has 0 atom stereocenters. The first-order chi connectivity index (χ1) is 8.19. The van der Waals surface area contributed by atoms with Gasteiger partial charge in [-0.1, -0.05) is 31.2 Å². The van der Waals surface area contributed by atoms with Crippen LogP contribution in [-0.4, -0.2) is 17.4 Å². The van der Waals surface area contributed by atoms with E-state index in [1.807, 2.05) is 31.2 Å². The Morgan fingerprint density at radius 2 is 2.06 bits per heavy atom. The van der Waals surface area contributed by atoms with Crippen molar-refractivity contribution in [2.75, 3.05) is 0 Å². The summed E-state index contributed by atoms with van der Waals surface area (Å²) in [6, 6.07) is 8.95. The molecule has 0 saturated carbocycles. The number of rotatable bonds is 3. The van der Waals surface area contributed by atoms with E-state index in [1.165, 1.54) is 0 Å². The molecule has 3 nitrogen and oxygen atoms in total. The Morgan fingerprint density at radius 3 is 2.65 bits per heavy atom. The molecular formula is C14H12O3. The van der Waals surface area contributed by atoms with Crippen LogP contribution in [0.25, 0.3) is 10.8 Å². The zero-order valence-corrected chi connectivity index (χ0v) is 9.43. The number of fused-ring (bicyclic) bond motifs is 1. The minimum absolute atomic E-state index is 0.216. The van der Waals surface area contributed by atoms with Crippen LogP contribution in [0.4, 0.5) is 0 Å². The molecule has 0 bridgehead atoms. The van der Waals surface area contributed by atoms with E-state index in [4.69, 9.17) is 5.11 Å². The van der Waals surface area contributed by atoms with Crippen molar-refractivity contribution in [3.05, 3.63) is 47.0 Å². The van der Waals surface area contributed by atoms with Gasteiger partial charge < -0.3 is 5.11 Å². The van der Waals surface area contributed by atoms with Crippen LogP contribution in [0.2, 0.25) is 0 Å². The SMILES string of the molecule is CCc1c(C(=O)O)cc2ccccc2c1C=O. The Kier molecular flexibility index (Phi) is 2.91. The van der Waals surface area contributed by atoms with E-state index in [9.17, 15) is 9.59 Å². The van der Waals surface area contributed by atoms with Crippen molar-refractivity contribution in [2.24, 2.45) is 0 Å². The molecule has 0 amide bonds. The van der Waals surface area contributed by atoms with Crippen LogP contribution >= 0.6 is 0 Å². The van der Waals surface area contributed by atoms with Gasteiger partial charge in [0, 0.05) is 5.56 Å². The second-order valence-corrected chi connectivity index (χ2v) is 3.81. The monoisotopic (exact) mass is 228 g/mol. The Bertz CT molecular complexity index is 600. The largest absolute Gasteiger partial charge is 0.478 e. The van der Waals surface area contributed by atoms with Gasteiger partial charge in [-0.25, -0.2) is 4.79 Å². The highest BCUT2D eigenvalue weighted by molar-refractivity contribution is 6.05. The molecule has 0 aliphatic carbocycles. The minimum atomic E-state index is -0.990. The maximum atomic E-state index is 11.2. The molecule has 0 aromatic heterocycles. The Balaban J connectivity index is 2.93. The Morgan fingerprint density at radius 1 is 1.35 bits per heavy atom. The lowest BCUT2D eigenvalue weighted by molar-refractivity contribution is 0.0696. The van der Waals surface area contributed by atoms with Crippen molar-refractivity contribution in [2.45, 2.75) is 13.3 Å². The van der Waals surface area contributed by atoms with Crippen LogP contribution < -0.4 is 0 Å². The zero-order chi connectivity index (χ0) is 12.4. The second-order valence-electron chi connectivity index (χ2n) is 3.81. The summed E-state index contributed by atoms with van der Waals surface area (Å²) in [4.78, 5) is 22.4. The molecule has 0 radical (unpaired) electrons. The van der Waals surface area contributed by atoms with Gasteiger partial charge in [0.1, 0.15) is 0 Å². The maximum absolute atomic E-state index is 11.2. The summed E-state index contributed by atoms with van der Waals surface area (Å²) in [7, 11) is 0. The van der Waals surface area contributed by atoms with Crippen LogP contribution in [0.1, 0.15) is 33.2 Å². The highest BCUT2D eigenvalue weighted by Gasteiger charge is 2.15. The molecular weight excluding hydrogens is 216 g/mol. The van der Waals surface area contributed by atoms with Gasteiger partial charge in [-0.15, -0.1) is 0 Å². The third kappa shape index (κ3) is 1.80. The fourth-order valence-electron chi connectivity index (χ4n) is 2.12. The first-order valence-corrected chi connectivity index (χ1v) is 5.42. The summed E-state index contributed by atoms with van der Waals surface area (Å²) in [5, 5.41) is 10.8. The lowest BCUT2D eigenvalue weighted by Crippen LogP contribution is -2.05. The number of carboxylic acid groups (broad SMARTS) is 1. The lowest BCUT2D eigenvalue weighted by atomic mass is 9.93. The normalized spacial score (nSPS) is 10.4. The average molecular weight is 228 g/mol. The molecule has 0 saturated heterocycles. The Labute approximate surface area is 98.7 Å². The second kappa shape index (κ2) is 4.37. The predicted molar refractivity (Wildman–Crippen MR) is 65.7 cm³/mol. The van der Waals surface area contributed by atoms with E-state index in [-0.39, 0.29) is 5.56 Å². The maximum Gasteiger partial charge on any atom is 0.336 e. The minimum Gasteiger partial charge on any atom is -0.478 e. The molecule has 2 aromatic rings. The van der Waals surface area contributed by atoms with E-state index in [2.05, 4.69) is 0 Å². The number of hydrogen-bond acceptors (Lipinski definition) is 2. The van der Waals surface area contributed by atoms with Crippen LogP contribution in [0.15, 0.2) is 30.3 Å². The van der Waals surface area contributed by atoms with Crippen molar-refractivity contribution < 1.29 is 14.7 Å². The zero-order valence-electron chi connectivity index (χ0n) is 9.43. The number of carbonyl (C=O) groups is 2. The summed E-state index contributed by atoms with van der Waals surface area (Å²) in [5.74, 6) is -0.990. The highest BCUT2D eigenvalue weighted by Crippen LogP contribution is 2.25. The number of carbonyl (C=O) groups excluding carboxylic acids is 1. The number of aromatic carboxylic acids is 1. The molecule has 0 aliphatic heterocycles. The van der Waals surface area contributed by atoms with Crippen molar-refractivity contribution in [1.29, 1.82) is 0 Å². The van der Waals surface area contributed by atoms with Crippen LogP contribution in [-0.2, 0) is 6.42 Å². The molecule has 0 unspecified atom stereocenters. The van der Waals surface area contributed by atoms with Crippen LogP contribution in [0.5, 0.6) is 0 Å². The van der Waals surface area contributed by atoms with Gasteiger partial charge in [0.25, 0.3) is 0 Å². The van der Waals surface area contributed by atoms with Crippen LogP contribution in [0.3, 0.4) is 0 Å². The number of benzene rings is 2. The molecule has 2 aromatic carbocycles. The summed E-state index contributed by atoms with van der Waals surface area (Å²) < 4.78 is 0. The molecule has 0 spiro atoms. The average Bonchev–Trinajstić information content (AvgIpc) is 2.36. The smallest absolute Gasteiger partial charge is 0.336 e. The third-order valence-electron chi connectivity index (χ3n) is 2.90. The van der Waals surface area contributed by atoms with Gasteiger partial charge in [-0.05, 0) is 28.8 Å². The topological polar surface area (TPSA) is 54.4 Å². The first kappa shape index (κ1) is 11.3. The molecule has 0 heterocycles. The van der Waals surface area contributed by atoms with Gasteiger partial charge in [-0.3, -0.25) is 4.79 Å². The quantitative estimate of drug-likeness (QED) is 0.822. The molecule has 2 rings (SSSR count). The molecule has 86 valence electrons. The molecule has 1 N–H and O–H groups in total. The van der Waals surface area contributed by atoms with Crippen molar-refractivity contribution in [1.82, 2.24) is 0 Å². The number of aldehydes is 1. The third-order valence-corrected chi connectivity index (χ3v) is 2.90. The van der Waals surface area contributed by atoms with Gasteiger partial charge >= 0.3 is 5.97 Å². The Hall–Kier alpha value is -2.16. The predicted octanol–water partition coefficient (Wildman–Crippen LogP) is 2.91.